The topological polar surface area (TPSA) is 58.9 Å². The summed E-state index contributed by atoms with van der Waals surface area (Å²) in [4.78, 5) is 11.5. The van der Waals surface area contributed by atoms with Gasteiger partial charge in [-0.25, -0.2) is 15.0 Å². The van der Waals surface area contributed by atoms with Gasteiger partial charge in [-0.15, -0.1) is 0 Å². The Morgan fingerprint density at radius 3 is 2.92 bits per heavy atom. The number of pyridine rings is 1. The van der Waals surface area contributed by atoms with Gasteiger partial charge in [0.2, 0.25) is 5.88 Å². The fourth-order valence-corrected chi connectivity index (χ4v) is 1.01. The highest BCUT2D eigenvalue weighted by atomic mass is 35.5. The van der Waals surface area contributed by atoms with Gasteiger partial charge in [0.15, 0.2) is 5.65 Å². The van der Waals surface area contributed by atoms with E-state index in [4.69, 9.17) is 16.7 Å². The number of rotatable bonds is 0. The van der Waals surface area contributed by atoms with E-state index in [9.17, 15) is 0 Å². The molecule has 0 bridgehead atoms. The summed E-state index contributed by atoms with van der Waals surface area (Å²) < 4.78 is 0. The lowest BCUT2D eigenvalue weighted by molar-refractivity contribution is 0.453. The number of halogens is 1. The lowest BCUT2D eigenvalue weighted by Crippen LogP contribution is -1.86. The maximum Gasteiger partial charge on any atom is 0.230 e. The zero-order chi connectivity index (χ0) is 8.55. The molecule has 0 aliphatic rings. The smallest absolute Gasteiger partial charge is 0.230 e. The molecule has 12 heavy (non-hydrogen) atoms. The first-order chi connectivity index (χ1) is 5.75. The molecule has 0 amide bonds. The van der Waals surface area contributed by atoms with Crippen LogP contribution in [0.25, 0.3) is 11.2 Å². The molecule has 2 aromatic rings. The largest absolute Gasteiger partial charge is 0.492 e. The van der Waals surface area contributed by atoms with Crippen LogP contribution in [0, 0.1) is 0 Å². The molecular weight excluding hydrogens is 178 g/mol. The van der Waals surface area contributed by atoms with Gasteiger partial charge in [-0.1, -0.05) is 11.6 Å². The van der Waals surface area contributed by atoms with Gasteiger partial charge >= 0.3 is 0 Å². The predicted molar refractivity (Wildman–Crippen MR) is 44.0 cm³/mol. The van der Waals surface area contributed by atoms with Gasteiger partial charge in [0, 0.05) is 0 Å². The van der Waals surface area contributed by atoms with Gasteiger partial charge in [-0.2, -0.15) is 0 Å². The lowest BCUT2D eigenvalue weighted by Gasteiger charge is -1.95. The van der Waals surface area contributed by atoms with Gasteiger partial charge in [0.05, 0.1) is 6.20 Å². The predicted octanol–water partition coefficient (Wildman–Crippen LogP) is 1.38. The Morgan fingerprint density at radius 2 is 2.08 bits per heavy atom. The maximum atomic E-state index is 8.97. The van der Waals surface area contributed by atoms with Crippen LogP contribution in [0.3, 0.4) is 0 Å². The number of aromatic hydroxyl groups is 1. The van der Waals surface area contributed by atoms with Gasteiger partial charge in [0.1, 0.15) is 10.7 Å². The molecule has 0 fully saturated rings. The van der Waals surface area contributed by atoms with Crippen molar-refractivity contribution in [3.05, 3.63) is 23.5 Å². The summed E-state index contributed by atoms with van der Waals surface area (Å²) in [5, 5.41) is 9.33. The number of hydrogen-bond donors (Lipinski definition) is 1. The van der Waals surface area contributed by atoms with Crippen molar-refractivity contribution >= 4 is 22.8 Å². The van der Waals surface area contributed by atoms with E-state index in [0.717, 1.165) is 0 Å². The molecule has 0 unspecified atom stereocenters. The molecule has 2 rings (SSSR count). The van der Waals surface area contributed by atoms with E-state index < -0.39 is 0 Å². The summed E-state index contributed by atoms with van der Waals surface area (Å²) in [6.45, 7) is 0. The van der Waals surface area contributed by atoms with Crippen LogP contribution >= 0.6 is 11.6 Å². The third kappa shape index (κ3) is 1.16. The highest BCUT2D eigenvalue weighted by molar-refractivity contribution is 6.29. The van der Waals surface area contributed by atoms with Crippen molar-refractivity contribution in [2.75, 3.05) is 0 Å². The molecule has 0 atom stereocenters. The Morgan fingerprint density at radius 1 is 1.25 bits per heavy atom. The molecule has 2 heterocycles. The minimum Gasteiger partial charge on any atom is -0.492 e. The minimum atomic E-state index is -0.119. The molecular formula is C7H4ClN3O. The van der Waals surface area contributed by atoms with Crippen LogP contribution in [0.15, 0.2) is 18.3 Å². The van der Waals surface area contributed by atoms with Crippen LogP contribution in [0.1, 0.15) is 0 Å². The van der Waals surface area contributed by atoms with Crippen molar-refractivity contribution < 1.29 is 5.11 Å². The highest BCUT2D eigenvalue weighted by Gasteiger charge is 1.99. The lowest BCUT2D eigenvalue weighted by atomic mass is 10.4. The summed E-state index contributed by atoms with van der Waals surface area (Å²) >= 11 is 5.62. The molecule has 0 aliphatic heterocycles. The maximum absolute atomic E-state index is 8.97. The number of fused-ring (bicyclic) bond motifs is 1. The van der Waals surface area contributed by atoms with Gasteiger partial charge in [-0.3, -0.25) is 0 Å². The summed E-state index contributed by atoms with van der Waals surface area (Å²) in [5.74, 6) is -0.119. The summed E-state index contributed by atoms with van der Waals surface area (Å²) in [7, 11) is 0. The molecule has 60 valence electrons. The van der Waals surface area contributed by atoms with Crippen molar-refractivity contribution in [2.24, 2.45) is 0 Å². The average Bonchev–Trinajstić information content (AvgIpc) is 2.05. The van der Waals surface area contributed by atoms with E-state index >= 15 is 0 Å². The Balaban J connectivity index is 2.79. The van der Waals surface area contributed by atoms with E-state index in [1.807, 2.05) is 0 Å². The molecule has 0 saturated heterocycles. The normalized spacial score (nSPS) is 10.4. The number of aromatic nitrogens is 3. The van der Waals surface area contributed by atoms with Crippen LogP contribution in [0.2, 0.25) is 5.15 Å². The molecule has 1 N–H and O–H groups in total. The van der Waals surface area contributed by atoms with Crippen LogP contribution in [-0.4, -0.2) is 20.1 Å². The molecule has 2 aromatic heterocycles. The molecule has 0 spiro atoms. The van der Waals surface area contributed by atoms with Crippen molar-refractivity contribution in [3.63, 3.8) is 0 Å². The van der Waals surface area contributed by atoms with Crippen LogP contribution in [-0.2, 0) is 0 Å². The van der Waals surface area contributed by atoms with E-state index in [1.54, 1.807) is 12.1 Å². The number of hydrogen-bond acceptors (Lipinski definition) is 4. The summed E-state index contributed by atoms with van der Waals surface area (Å²) in [5.41, 5.74) is 0.958. The second-order valence-corrected chi connectivity index (χ2v) is 2.59. The highest BCUT2D eigenvalue weighted by Crippen LogP contribution is 2.13. The van der Waals surface area contributed by atoms with E-state index in [0.29, 0.717) is 16.3 Å². The fraction of sp³-hybridized carbons (Fsp3) is 0. The molecule has 0 radical (unpaired) electrons. The third-order valence-corrected chi connectivity index (χ3v) is 1.57. The summed E-state index contributed by atoms with van der Waals surface area (Å²) in [6, 6.07) is 3.25. The van der Waals surface area contributed by atoms with Crippen molar-refractivity contribution in [1.82, 2.24) is 15.0 Å². The van der Waals surface area contributed by atoms with E-state index in [2.05, 4.69) is 15.0 Å². The van der Waals surface area contributed by atoms with Crippen LogP contribution in [0.5, 0.6) is 5.88 Å². The van der Waals surface area contributed by atoms with Crippen LogP contribution < -0.4 is 0 Å². The minimum absolute atomic E-state index is 0.119. The van der Waals surface area contributed by atoms with E-state index in [1.165, 1.54) is 6.20 Å². The average molecular weight is 182 g/mol. The number of nitrogens with zero attached hydrogens (tertiary/aromatic N) is 3. The molecule has 4 nitrogen and oxygen atoms in total. The molecule has 5 heteroatoms. The van der Waals surface area contributed by atoms with Crippen LogP contribution in [0.4, 0.5) is 0 Å². The Labute approximate surface area is 72.9 Å². The second kappa shape index (κ2) is 2.57. The zero-order valence-corrected chi connectivity index (χ0v) is 6.65. The molecule has 0 saturated carbocycles. The van der Waals surface area contributed by atoms with E-state index in [-0.39, 0.29) is 5.88 Å². The molecule has 0 aliphatic carbocycles. The van der Waals surface area contributed by atoms with Crippen molar-refractivity contribution in [3.8, 4) is 5.88 Å². The Hall–Kier alpha value is -1.42. The SMILES string of the molecule is Oc1cnc2nc(Cl)ccc2n1. The first-order valence-corrected chi connectivity index (χ1v) is 3.62. The Bertz CT molecular complexity index is 391. The van der Waals surface area contributed by atoms with Gasteiger partial charge in [0.25, 0.3) is 0 Å². The first-order valence-electron chi connectivity index (χ1n) is 3.24. The first kappa shape index (κ1) is 7.24. The Kier molecular flexibility index (Phi) is 1.55. The zero-order valence-electron chi connectivity index (χ0n) is 5.90. The summed E-state index contributed by atoms with van der Waals surface area (Å²) in [6.07, 6.45) is 1.23. The van der Waals surface area contributed by atoms with Crippen molar-refractivity contribution in [2.45, 2.75) is 0 Å². The van der Waals surface area contributed by atoms with Crippen molar-refractivity contribution in [1.29, 1.82) is 0 Å². The monoisotopic (exact) mass is 181 g/mol. The second-order valence-electron chi connectivity index (χ2n) is 2.20. The standard InChI is InChI=1S/C7H4ClN3O/c8-5-2-1-4-7(11-5)9-3-6(12)10-4/h1-3H,(H,10,12). The van der Waals surface area contributed by atoms with Gasteiger partial charge in [-0.05, 0) is 12.1 Å². The fourth-order valence-electron chi connectivity index (χ4n) is 0.871. The third-order valence-electron chi connectivity index (χ3n) is 1.36. The quantitative estimate of drug-likeness (QED) is 0.624. The molecule has 0 aromatic carbocycles. The van der Waals surface area contributed by atoms with Gasteiger partial charge < -0.3 is 5.11 Å².